The van der Waals surface area contributed by atoms with E-state index in [1.165, 1.54) is 23.1 Å². The number of halogens is 3. The van der Waals surface area contributed by atoms with Gasteiger partial charge in [-0.15, -0.1) is 0 Å². The molecule has 0 aliphatic heterocycles. The molecule has 2 amide bonds. The number of amides is 2. The number of hydrogen-bond acceptors (Lipinski definition) is 4. The molecule has 11 heteroatoms. The van der Waals surface area contributed by atoms with Gasteiger partial charge in [0, 0.05) is 24.0 Å². The van der Waals surface area contributed by atoms with Crippen molar-refractivity contribution in [1.29, 1.82) is 0 Å². The second-order valence-corrected chi connectivity index (χ2v) is 14.7. The first-order valence-corrected chi connectivity index (χ1v) is 18.1. The van der Waals surface area contributed by atoms with Crippen LogP contribution in [0.2, 0.25) is 15.1 Å². The number of carbonyl (C=O) groups is 2. The Morgan fingerprint density at radius 1 is 0.766 bits per heavy atom. The largest absolute Gasteiger partial charge is 0.352 e. The first kappa shape index (κ1) is 34.8. The number of anilines is 1. The molecule has 1 N–H and O–H groups in total. The second kappa shape index (κ2) is 16.0. The second-order valence-electron chi connectivity index (χ2n) is 11.6. The van der Waals surface area contributed by atoms with Crippen molar-refractivity contribution in [2.24, 2.45) is 0 Å². The van der Waals surface area contributed by atoms with E-state index in [9.17, 15) is 18.0 Å². The van der Waals surface area contributed by atoms with Crippen LogP contribution in [0, 0.1) is 0 Å². The van der Waals surface area contributed by atoms with Gasteiger partial charge in [0.15, 0.2) is 0 Å². The topological polar surface area (TPSA) is 86.8 Å². The Hall–Kier alpha value is -3.56. The van der Waals surface area contributed by atoms with Crippen molar-refractivity contribution in [3.63, 3.8) is 0 Å². The summed E-state index contributed by atoms with van der Waals surface area (Å²) in [5, 5.41) is 4.16. The number of carbonyl (C=O) groups excluding carboxylic acids is 2. The quantitative estimate of drug-likeness (QED) is 0.162. The summed E-state index contributed by atoms with van der Waals surface area (Å²) in [5.74, 6) is -0.871. The molecule has 4 aromatic rings. The van der Waals surface area contributed by atoms with E-state index in [0.717, 1.165) is 42.0 Å². The lowest BCUT2D eigenvalue weighted by Gasteiger charge is -2.35. The molecule has 7 nitrogen and oxygen atoms in total. The predicted octanol–water partition coefficient (Wildman–Crippen LogP) is 7.93. The van der Waals surface area contributed by atoms with Crippen molar-refractivity contribution < 1.29 is 18.0 Å². The maximum Gasteiger partial charge on any atom is 0.264 e. The molecule has 0 heterocycles. The van der Waals surface area contributed by atoms with Crippen LogP contribution in [0.15, 0.2) is 108 Å². The lowest BCUT2D eigenvalue weighted by Crippen LogP contribution is -2.55. The van der Waals surface area contributed by atoms with Gasteiger partial charge in [-0.25, -0.2) is 8.42 Å². The van der Waals surface area contributed by atoms with Gasteiger partial charge in [-0.3, -0.25) is 13.9 Å². The van der Waals surface area contributed by atoms with Gasteiger partial charge in [-0.05, 0) is 66.4 Å². The zero-order valence-corrected chi connectivity index (χ0v) is 28.8. The highest BCUT2D eigenvalue weighted by atomic mass is 35.5. The van der Waals surface area contributed by atoms with E-state index in [1.807, 2.05) is 30.3 Å². The summed E-state index contributed by atoms with van der Waals surface area (Å²) < 4.78 is 29.2. The Kier molecular flexibility index (Phi) is 11.9. The summed E-state index contributed by atoms with van der Waals surface area (Å²) in [6.45, 7) is -0.596. The minimum absolute atomic E-state index is 0.00197. The zero-order chi connectivity index (χ0) is 33.4. The van der Waals surface area contributed by atoms with Crippen LogP contribution in [0.1, 0.15) is 43.2 Å². The van der Waals surface area contributed by atoms with Crippen LogP contribution in [0.4, 0.5) is 5.69 Å². The molecule has 0 saturated heterocycles. The highest BCUT2D eigenvalue weighted by molar-refractivity contribution is 7.92. The van der Waals surface area contributed by atoms with Crippen LogP contribution in [0.5, 0.6) is 0 Å². The van der Waals surface area contributed by atoms with Crippen molar-refractivity contribution in [1.82, 2.24) is 10.2 Å². The fourth-order valence-corrected chi connectivity index (χ4v) is 7.74. The van der Waals surface area contributed by atoms with Gasteiger partial charge < -0.3 is 10.2 Å². The van der Waals surface area contributed by atoms with Crippen LogP contribution < -0.4 is 9.62 Å². The third-order valence-electron chi connectivity index (χ3n) is 8.27. The van der Waals surface area contributed by atoms with E-state index in [1.54, 1.807) is 54.6 Å². The molecule has 1 atom stereocenters. The number of hydrogen-bond donors (Lipinski definition) is 1. The SMILES string of the molecule is O=C(NC1CCCCC1)[C@@H](Cc1ccccc1)N(Cc1ccc(Cl)c(Cl)c1)C(=O)CN(c1cccc(Cl)c1)S(=O)(=O)c1ccccc1. The average molecular weight is 713 g/mol. The lowest BCUT2D eigenvalue weighted by molar-refractivity contribution is -0.140. The number of nitrogens with zero attached hydrogens (tertiary/aromatic N) is 2. The zero-order valence-electron chi connectivity index (χ0n) is 25.7. The highest BCUT2D eigenvalue weighted by Gasteiger charge is 2.35. The number of sulfonamides is 1. The summed E-state index contributed by atoms with van der Waals surface area (Å²) >= 11 is 18.9. The van der Waals surface area contributed by atoms with Crippen molar-refractivity contribution >= 4 is 62.3 Å². The molecule has 0 unspecified atom stereocenters. The monoisotopic (exact) mass is 711 g/mol. The normalized spacial score (nSPS) is 14.3. The van der Waals surface area contributed by atoms with Gasteiger partial charge in [0.2, 0.25) is 11.8 Å². The van der Waals surface area contributed by atoms with Gasteiger partial charge in [0.25, 0.3) is 10.0 Å². The molecule has 0 aromatic heterocycles. The molecular formula is C36H36Cl3N3O4S. The summed E-state index contributed by atoms with van der Waals surface area (Å²) in [4.78, 5) is 30.3. The summed E-state index contributed by atoms with van der Waals surface area (Å²) in [6.07, 6.45) is 5.11. The smallest absolute Gasteiger partial charge is 0.264 e. The molecule has 4 aromatic carbocycles. The number of rotatable bonds is 12. The molecule has 0 spiro atoms. The number of benzene rings is 4. The van der Waals surface area contributed by atoms with Gasteiger partial charge in [0.1, 0.15) is 12.6 Å². The molecule has 1 aliphatic carbocycles. The maximum absolute atomic E-state index is 14.6. The van der Waals surface area contributed by atoms with Crippen LogP contribution in [-0.4, -0.2) is 43.8 Å². The Labute approximate surface area is 291 Å². The molecule has 0 radical (unpaired) electrons. The van der Waals surface area contributed by atoms with Crippen molar-refractivity contribution in [3.8, 4) is 0 Å². The van der Waals surface area contributed by atoms with Gasteiger partial charge in [-0.1, -0.05) is 115 Å². The first-order chi connectivity index (χ1) is 22.6. The Morgan fingerprint density at radius 3 is 2.11 bits per heavy atom. The Balaban J connectivity index is 1.57. The minimum atomic E-state index is -4.22. The van der Waals surface area contributed by atoms with Gasteiger partial charge in [0.05, 0.1) is 20.6 Å². The van der Waals surface area contributed by atoms with E-state index in [4.69, 9.17) is 34.8 Å². The van der Waals surface area contributed by atoms with Crippen molar-refractivity contribution in [2.75, 3.05) is 10.8 Å². The molecule has 1 aliphatic rings. The fraction of sp³-hybridized carbons (Fsp3) is 0.278. The molecule has 47 heavy (non-hydrogen) atoms. The summed E-state index contributed by atoms with van der Waals surface area (Å²) in [7, 11) is -4.22. The third-order valence-corrected chi connectivity index (χ3v) is 11.0. The average Bonchev–Trinajstić information content (AvgIpc) is 3.08. The van der Waals surface area contributed by atoms with Crippen LogP contribution in [0.25, 0.3) is 0 Å². The van der Waals surface area contributed by atoms with Crippen molar-refractivity contribution in [3.05, 3.63) is 129 Å². The fourth-order valence-electron chi connectivity index (χ4n) is 5.81. The standard InChI is InChI=1S/C36H36Cl3N3O4S/c37-28-13-10-16-30(23-28)42(47(45,46)31-17-8-3-9-18-31)25-35(43)41(24-27-19-20-32(38)33(39)21-27)34(22-26-11-4-1-5-12-26)36(44)40-29-14-6-2-7-15-29/h1,3-5,8-13,16-21,23,29,34H,2,6-7,14-15,22,24-25H2,(H,40,44)/t34-/m1/s1. The van der Waals surface area contributed by atoms with Gasteiger partial charge in [-0.2, -0.15) is 0 Å². The van der Waals surface area contributed by atoms with Crippen LogP contribution in [-0.2, 0) is 32.6 Å². The van der Waals surface area contributed by atoms with Gasteiger partial charge >= 0.3 is 0 Å². The number of nitrogens with one attached hydrogen (secondary N) is 1. The Bertz CT molecular complexity index is 1790. The van der Waals surface area contributed by atoms with E-state index < -0.39 is 28.5 Å². The maximum atomic E-state index is 14.6. The van der Waals surface area contributed by atoms with E-state index >= 15 is 0 Å². The Morgan fingerprint density at radius 2 is 1.45 bits per heavy atom. The molecule has 1 saturated carbocycles. The minimum Gasteiger partial charge on any atom is -0.352 e. The molecule has 1 fully saturated rings. The predicted molar refractivity (Wildman–Crippen MR) is 188 cm³/mol. The molecule has 5 rings (SSSR count). The van der Waals surface area contributed by atoms with E-state index in [2.05, 4.69) is 5.32 Å². The molecule has 0 bridgehead atoms. The lowest BCUT2D eigenvalue weighted by atomic mass is 9.94. The molecule has 246 valence electrons. The third kappa shape index (κ3) is 9.08. The summed E-state index contributed by atoms with van der Waals surface area (Å²) in [6, 6.07) is 27.7. The van der Waals surface area contributed by atoms with E-state index in [0.29, 0.717) is 20.6 Å². The summed E-state index contributed by atoms with van der Waals surface area (Å²) in [5.41, 5.74) is 1.71. The first-order valence-electron chi connectivity index (χ1n) is 15.5. The van der Waals surface area contributed by atoms with Crippen molar-refractivity contribution in [2.45, 2.75) is 62.0 Å². The molecular weight excluding hydrogens is 677 g/mol. The van der Waals surface area contributed by atoms with Crippen LogP contribution >= 0.6 is 34.8 Å². The highest BCUT2D eigenvalue weighted by Crippen LogP contribution is 2.28. The van der Waals surface area contributed by atoms with E-state index in [-0.39, 0.29) is 35.5 Å². The van der Waals surface area contributed by atoms with Crippen LogP contribution in [0.3, 0.4) is 0 Å².